The Bertz CT molecular complexity index is 870. The number of nitrogens with zero attached hydrogens (tertiary/aromatic N) is 2. The molecule has 1 N–H and O–H groups in total. The Morgan fingerprint density at radius 2 is 1.90 bits per heavy atom. The van der Waals surface area contributed by atoms with E-state index in [1.54, 1.807) is 0 Å². The Morgan fingerprint density at radius 1 is 1.14 bits per heavy atom. The van der Waals surface area contributed by atoms with Crippen molar-refractivity contribution < 1.29 is 9.90 Å². The molecule has 0 radical (unpaired) electrons. The molecule has 4 fully saturated rings. The van der Waals surface area contributed by atoms with E-state index in [1.807, 2.05) is 24.9 Å². The summed E-state index contributed by atoms with van der Waals surface area (Å²) in [5, 5.41) is 15.1. The second kappa shape index (κ2) is 6.54. The minimum absolute atomic E-state index is 0.115. The van der Waals surface area contributed by atoms with E-state index in [4.69, 9.17) is 0 Å². The number of aryl methyl sites for hydroxylation is 2. The van der Waals surface area contributed by atoms with E-state index >= 15 is 0 Å². The maximum Gasteiger partial charge on any atom is 0.159 e. The fourth-order valence-electron chi connectivity index (χ4n) is 8.06. The number of aromatic nitrogens is 2. The molecule has 4 nitrogen and oxygen atoms in total. The molecule has 0 aliphatic heterocycles. The zero-order valence-corrected chi connectivity index (χ0v) is 18.4. The SMILES string of the molecule is Cc1nn(C)cc1/C=C1/CC2(C)C(CCC3C4CCC(O)C4(C)CCC32)CC1=O. The molecule has 1 heterocycles. The van der Waals surface area contributed by atoms with E-state index in [0.717, 1.165) is 48.4 Å². The van der Waals surface area contributed by atoms with Crippen molar-refractivity contribution in [2.75, 3.05) is 0 Å². The molecule has 0 saturated heterocycles. The minimum Gasteiger partial charge on any atom is -0.393 e. The van der Waals surface area contributed by atoms with Gasteiger partial charge in [0.15, 0.2) is 5.78 Å². The standard InChI is InChI=1S/C25H36N2O2/c1-15-17(14-27(4)26-15)11-16-13-25(3)18(12-22(16)28)5-6-19-20-7-8-23(29)24(20,2)10-9-21(19)25/h11,14,18-21,23,29H,5-10,12-13H2,1-4H3/b16-11-. The van der Waals surface area contributed by atoms with Gasteiger partial charge < -0.3 is 5.11 Å². The molecular weight excluding hydrogens is 360 g/mol. The second-order valence-corrected chi connectivity index (χ2v) is 11.1. The van der Waals surface area contributed by atoms with Crippen LogP contribution < -0.4 is 0 Å². The summed E-state index contributed by atoms with van der Waals surface area (Å²) in [6.45, 7) is 6.86. The molecule has 0 bridgehead atoms. The quantitative estimate of drug-likeness (QED) is 0.701. The lowest BCUT2D eigenvalue weighted by atomic mass is 9.45. The van der Waals surface area contributed by atoms with Gasteiger partial charge in [0, 0.05) is 25.2 Å². The Balaban J connectivity index is 1.47. The number of fused-ring (bicyclic) bond motifs is 5. The second-order valence-electron chi connectivity index (χ2n) is 11.1. The number of allylic oxidation sites excluding steroid dienone is 1. The molecule has 1 aromatic heterocycles. The third-order valence-corrected chi connectivity index (χ3v) is 9.76. The minimum atomic E-state index is -0.115. The Labute approximate surface area is 174 Å². The van der Waals surface area contributed by atoms with E-state index in [-0.39, 0.29) is 16.9 Å². The molecule has 158 valence electrons. The third-order valence-electron chi connectivity index (χ3n) is 9.76. The molecule has 4 saturated carbocycles. The van der Waals surface area contributed by atoms with E-state index in [2.05, 4.69) is 25.0 Å². The number of rotatable bonds is 1. The Kier molecular flexibility index (Phi) is 4.40. The highest BCUT2D eigenvalue weighted by atomic mass is 16.3. The van der Waals surface area contributed by atoms with E-state index < -0.39 is 0 Å². The van der Waals surface area contributed by atoms with Gasteiger partial charge in [-0.3, -0.25) is 9.48 Å². The summed E-state index contributed by atoms with van der Waals surface area (Å²) in [6, 6.07) is 0. The number of ketones is 1. The average molecular weight is 397 g/mol. The maximum absolute atomic E-state index is 13.0. The first-order valence-corrected chi connectivity index (χ1v) is 11.6. The number of hydrogen-bond donors (Lipinski definition) is 1. The van der Waals surface area contributed by atoms with Crippen LogP contribution in [0.1, 0.15) is 76.5 Å². The molecule has 4 heteroatoms. The monoisotopic (exact) mass is 396 g/mol. The molecule has 4 aliphatic carbocycles. The van der Waals surface area contributed by atoms with Gasteiger partial charge in [-0.25, -0.2) is 0 Å². The van der Waals surface area contributed by atoms with Crippen LogP contribution in [-0.2, 0) is 11.8 Å². The topological polar surface area (TPSA) is 55.1 Å². The van der Waals surface area contributed by atoms with Crippen LogP contribution in [0.3, 0.4) is 0 Å². The predicted octanol–water partition coefficient (Wildman–Crippen LogP) is 4.69. The van der Waals surface area contributed by atoms with Gasteiger partial charge in [0.1, 0.15) is 0 Å². The smallest absolute Gasteiger partial charge is 0.159 e. The van der Waals surface area contributed by atoms with Crippen molar-refractivity contribution in [1.82, 2.24) is 9.78 Å². The first-order valence-electron chi connectivity index (χ1n) is 11.6. The van der Waals surface area contributed by atoms with Gasteiger partial charge >= 0.3 is 0 Å². The van der Waals surface area contributed by atoms with Crippen molar-refractivity contribution in [1.29, 1.82) is 0 Å². The summed E-state index contributed by atoms with van der Waals surface area (Å²) in [4.78, 5) is 13.0. The van der Waals surface area contributed by atoms with Crippen molar-refractivity contribution in [3.63, 3.8) is 0 Å². The van der Waals surface area contributed by atoms with Gasteiger partial charge in [0.2, 0.25) is 0 Å². The first kappa shape index (κ1) is 19.5. The van der Waals surface area contributed by atoms with Crippen LogP contribution in [-0.4, -0.2) is 26.8 Å². The van der Waals surface area contributed by atoms with Crippen LogP contribution >= 0.6 is 0 Å². The fraction of sp³-hybridized carbons (Fsp3) is 0.760. The molecule has 5 rings (SSSR count). The average Bonchev–Trinajstić information content (AvgIpc) is 3.14. The summed E-state index contributed by atoms with van der Waals surface area (Å²) in [6.07, 6.45) is 12.7. The van der Waals surface area contributed by atoms with Crippen molar-refractivity contribution in [3.05, 3.63) is 23.0 Å². The zero-order valence-electron chi connectivity index (χ0n) is 18.4. The summed E-state index contributed by atoms with van der Waals surface area (Å²) in [5.74, 6) is 2.96. The predicted molar refractivity (Wildman–Crippen MR) is 114 cm³/mol. The van der Waals surface area contributed by atoms with Crippen molar-refractivity contribution in [3.8, 4) is 0 Å². The maximum atomic E-state index is 13.0. The first-order chi connectivity index (χ1) is 13.7. The van der Waals surface area contributed by atoms with Crippen LogP contribution in [0.25, 0.3) is 6.08 Å². The highest BCUT2D eigenvalue weighted by molar-refractivity contribution is 6.00. The Morgan fingerprint density at radius 3 is 2.62 bits per heavy atom. The largest absolute Gasteiger partial charge is 0.393 e. The number of aliphatic hydroxyl groups is 1. The van der Waals surface area contributed by atoms with Gasteiger partial charge in [-0.1, -0.05) is 13.8 Å². The van der Waals surface area contributed by atoms with E-state index in [1.165, 1.54) is 25.7 Å². The highest BCUT2D eigenvalue weighted by Gasteiger charge is 2.60. The van der Waals surface area contributed by atoms with Crippen LogP contribution in [0.2, 0.25) is 0 Å². The highest BCUT2D eigenvalue weighted by Crippen LogP contribution is 2.66. The van der Waals surface area contributed by atoms with Crippen LogP contribution in [0.4, 0.5) is 0 Å². The molecule has 29 heavy (non-hydrogen) atoms. The Hall–Kier alpha value is -1.42. The lowest BCUT2D eigenvalue weighted by Gasteiger charge is -2.60. The number of carbonyl (C=O) groups excluding carboxylic acids is 1. The van der Waals surface area contributed by atoms with Gasteiger partial charge in [0.05, 0.1) is 11.8 Å². The molecular formula is C25H36N2O2. The lowest BCUT2D eigenvalue weighted by molar-refractivity contribution is -0.134. The van der Waals surface area contributed by atoms with Crippen molar-refractivity contribution in [2.24, 2.45) is 41.5 Å². The van der Waals surface area contributed by atoms with Gasteiger partial charge in [0.25, 0.3) is 0 Å². The molecule has 0 amide bonds. The number of hydrogen-bond acceptors (Lipinski definition) is 3. The summed E-state index contributed by atoms with van der Waals surface area (Å²) in [7, 11) is 1.94. The molecule has 4 aliphatic rings. The van der Waals surface area contributed by atoms with Crippen molar-refractivity contribution in [2.45, 2.75) is 78.2 Å². The van der Waals surface area contributed by atoms with E-state index in [0.29, 0.717) is 23.5 Å². The van der Waals surface area contributed by atoms with Crippen molar-refractivity contribution >= 4 is 11.9 Å². The molecule has 7 atom stereocenters. The molecule has 1 aromatic rings. The van der Waals surface area contributed by atoms with Crippen LogP contribution in [0.15, 0.2) is 11.8 Å². The third kappa shape index (κ3) is 2.81. The molecule has 7 unspecified atom stereocenters. The van der Waals surface area contributed by atoms with Gasteiger partial charge in [-0.2, -0.15) is 5.10 Å². The van der Waals surface area contributed by atoms with Gasteiger partial charge in [-0.05, 0) is 98.0 Å². The summed E-state index contributed by atoms with van der Waals surface area (Å²) < 4.78 is 1.84. The molecule has 0 spiro atoms. The van der Waals surface area contributed by atoms with Gasteiger partial charge in [-0.15, -0.1) is 0 Å². The lowest BCUT2D eigenvalue weighted by Crippen LogP contribution is -2.54. The van der Waals surface area contributed by atoms with Crippen LogP contribution in [0, 0.1) is 41.4 Å². The number of aliphatic hydroxyl groups excluding tert-OH is 1. The summed E-state index contributed by atoms with van der Waals surface area (Å²) >= 11 is 0. The zero-order chi connectivity index (χ0) is 20.6. The van der Waals surface area contributed by atoms with E-state index in [9.17, 15) is 9.90 Å². The fourth-order valence-corrected chi connectivity index (χ4v) is 8.06. The van der Waals surface area contributed by atoms with Crippen LogP contribution in [0.5, 0.6) is 0 Å². The molecule has 0 aromatic carbocycles. The number of carbonyl (C=O) groups is 1. The normalized spacial score (nSPS) is 45.8. The number of Topliss-reactive ketones (excluding diaryl/α,β-unsaturated/α-hetero) is 1. The summed E-state index contributed by atoms with van der Waals surface area (Å²) in [5.41, 5.74) is 3.43.